The Labute approximate surface area is 188 Å². The van der Waals surface area contributed by atoms with E-state index in [0.29, 0.717) is 12.8 Å². The van der Waals surface area contributed by atoms with E-state index in [-0.39, 0.29) is 11.9 Å². The fourth-order valence-corrected chi connectivity index (χ4v) is 4.09. The van der Waals surface area contributed by atoms with Crippen molar-refractivity contribution in [1.82, 2.24) is 0 Å². The minimum atomic E-state index is -0.341. The summed E-state index contributed by atoms with van der Waals surface area (Å²) in [6.45, 7) is 6.85. The molecule has 1 unspecified atom stereocenters. The zero-order valence-corrected chi connectivity index (χ0v) is 20.7. The summed E-state index contributed by atoms with van der Waals surface area (Å²) in [5, 5.41) is 0. The second kappa shape index (κ2) is 22.8. The molecular weight excluding hydrogens is 372 g/mol. The van der Waals surface area contributed by atoms with Gasteiger partial charge in [0.15, 0.2) is 0 Å². The molecule has 178 valence electrons. The van der Waals surface area contributed by atoms with Crippen molar-refractivity contribution in [1.29, 1.82) is 0 Å². The van der Waals surface area contributed by atoms with Gasteiger partial charge in [-0.1, -0.05) is 130 Å². The highest BCUT2D eigenvalue weighted by Crippen LogP contribution is 2.17. The Hall–Kier alpha value is -0.860. The van der Waals surface area contributed by atoms with Crippen molar-refractivity contribution < 1.29 is 14.3 Å². The number of hydrogen-bond acceptors (Lipinski definition) is 3. The molecule has 0 aliphatic carbocycles. The molecule has 0 amide bonds. The van der Waals surface area contributed by atoms with Gasteiger partial charge in [-0.3, -0.25) is 9.59 Å². The van der Waals surface area contributed by atoms with Crippen molar-refractivity contribution >= 4 is 11.9 Å². The molecule has 1 atom stereocenters. The van der Waals surface area contributed by atoms with Gasteiger partial charge in [-0.2, -0.15) is 0 Å². The van der Waals surface area contributed by atoms with E-state index in [1.54, 1.807) is 0 Å². The lowest BCUT2D eigenvalue weighted by Crippen LogP contribution is -2.11. The second-order valence-corrected chi connectivity index (χ2v) is 9.33. The molecule has 0 radical (unpaired) electrons. The summed E-state index contributed by atoms with van der Waals surface area (Å²) >= 11 is 0. The number of rotatable bonds is 22. The lowest BCUT2D eigenvalue weighted by molar-refractivity contribution is -0.159. The Kier molecular flexibility index (Phi) is 22.2. The third kappa shape index (κ3) is 21.8. The highest BCUT2D eigenvalue weighted by molar-refractivity contribution is 5.85. The molecule has 0 rings (SSSR count). The Bertz CT molecular complexity index is 392. The van der Waals surface area contributed by atoms with Gasteiger partial charge in [0.2, 0.25) is 0 Å². The van der Waals surface area contributed by atoms with Gasteiger partial charge in [0.25, 0.3) is 0 Å². The third-order valence-corrected chi connectivity index (χ3v) is 6.07. The molecule has 0 aromatic carbocycles. The molecule has 0 N–H and O–H groups in total. The highest BCUT2D eigenvalue weighted by atomic mass is 16.6. The quantitative estimate of drug-likeness (QED) is 0.0989. The van der Waals surface area contributed by atoms with Crippen molar-refractivity contribution in [2.24, 2.45) is 5.92 Å². The SMILES string of the molecule is CCCCCCCC(=O)OC(=O)CCCCCCCCCCCCCC(C)CCC. The number of carbonyl (C=O) groups is 2. The molecular formula is C27H52O3. The van der Waals surface area contributed by atoms with Crippen LogP contribution in [-0.2, 0) is 14.3 Å². The largest absolute Gasteiger partial charge is 0.393 e. The maximum atomic E-state index is 11.7. The zero-order valence-electron chi connectivity index (χ0n) is 20.7. The molecule has 0 spiro atoms. The number of ether oxygens (including phenoxy) is 1. The molecule has 0 aromatic rings. The van der Waals surface area contributed by atoms with Crippen molar-refractivity contribution in [2.75, 3.05) is 0 Å². The average molecular weight is 425 g/mol. The van der Waals surface area contributed by atoms with Crippen molar-refractivity contribution in [3.05, 3.63) is 0 Å². The van der Waals surface area contributed by atoms with E-state index in [2.05, 4.69) is 20.8 Å². The highest BCUT2D eigenvalue weighted by Gasteiger charge is 2.09. The molecule has 30 heavy (non-hydrogen) atoms. The van der Waals surface area contributed by atoms with Gasteiger partial charge in [0, 0.05) is 12.8 Å². The van der Waals surface area contributed by atoms with Gasteiger partial charge in [0.05, 0.1) is 0 Å². The van der Waals surface area contributed by atoms with E-state index >= 15 is 0 Å². The Balaban J connectivity index is 3.29. The molecule has 0 aliphatic rings. The number of hydrogen-bond donors (Lipinski definition) is 0. The van der Waals surface area contributed by atoms with Crippen LogP contribution in [0.15, 0.2) is 0 Å². The summed E-state index contributed by atoms with van der Waals surface area (Å²) < 4.78 is 4.90. The van der Waals surface area contributed by atoms with E-state index in [1.165, 1.54) is 89.9 Å². The molecule has 3 heteroatoms. The Morgan fingerprint density at radius 2 is 0.933 bits per heavy atom. The first-order chi connectivity index (χ1) is 14.6. The molecule has 0 saturated carbocycles. The fourth-order valence-electron chi connectivity index (χ4n) is 4.09. The van der Waals surface area contributed by atoms with Gasteiger partial charge in [-0.05, 0) is 18.8 Å². The molecule has 0 heterocycles. The van der Waals surface area contributed by atoms with Gasteiger partial charge < -0.3 is 4.74 Å². The first kappa shape index (κ1) is 29.1. The summed E-state index contributed by atoms with van der Waals surface area (Å²) in [6, 6.07) is 0. The summed E-state index contributed by atoms with van der Waals surface area (Å²) in [5.74, 6) is 0.238. The molecule has 0 aromatic heterocycles. The maximum absolute atomic E-state index is 11.7. The predicted octanol–water partition coefficient (Wildman–Crippen LogP) is 8.92. The van der Waals surface area contributed by atoms with Gasteiger partial charge in [-0.15, -0.1) is 0 Å². The van der Waals surface area contributed by atoms with Gasteiger partial charge in [-0.25, -0.2) is 0 Å². The summed E-state index contributed by atoms with van der Waals surface area (Å²) in [6.07, 6.45) is 24.4. The summed E-state index contributed by atoms with van der Waals surface area (Å²) in [4.78, 5) is 23.3. The summed E-state index contributed by atoms with van der Waals surface area (Å²) in [5.41, 5.74) is 0. The van der Waals surface area contributed by atoms with Crippen molar-refractivity contribution in [3.63, 3.8) is 0 Å². The molecule has 3 nitrogen and oxygen atoms in total. The third-order valence-electron chi connectivity index (χ3n) is 6.07. The Morgan fingerprint density at radius 3 is 1.37 bits per heavy atom. The van der Waals surface area contributed by atoms with Crippen LogP contribution in [0.3, 0.4) is 0 Å². The average Bonchev–Trinajstić information content (AvgIpc) is 2.71. The topological polar surface area (TPSA) is 43.4 Å². The number of unbranched alkanes of at least 4 members (excludes halogenated alkanes) is 14. The lowest BCUT2D eigenvalue weighted by atomic mass is 9.98. The Morgan fingerprint density at radius 1 is 0.533 bits per heavy atom. The van der Waals surface area contributed by atoms with Crippen LogP contribution in [0.2, 0.25) is 0 Å². The van der Waals surface area contributed by atoms with Crippen LogP contribution in [0.4, 0.5) is 0 Å². The number of carbonyl (C=O) groups excluding carboxylic acids is 2. The van der Waals surface area contributed by atoms with Crippen molar-refractivity contribution in [3.8, 4) is 0 Å². The van der Waals surface area contributed by atoms with E-state index in [1.807, 2.05) is 0 Å². The van der Waals surface area contributed by atoms with E-state index < -0.39 is 0 Å². The summed E-state index contributed by atoms with van der Waals surface area (Å²) in [7, 11) is 0. The first-order valence-corrected chi connectivity index (χ1v) is 13.3. The standard InChI is InChI=1S/C27H52O3/c1-4-6-7-15-19-23-26(28)30-27(29)24-20-17-14-12-10-8-9-11-13-16-18-22-25(3)21-5-2/h25H,4-24H2,1-3H3. The first-order valence-electron chi connectivity index (χ1n) is 13.3. The van der Waals surface area contributed by atoms with E-state index in [4.69, 9.17) is 4.74 Å². The predicted molar refractivity (Wildman–Crippen MR) is 129 cm³/mol. The van der Waals surface area contributed by atoms with Crippen LogP contribution < -0.4 is 0 Å². The monoisotopic (exact) mass is 424 g/mol. The van der Waals surface area contributed by atoms with E-state index in [9.17, 15) is 9.59 Å². The minimum absolute atomic E-state index is 0.336. The van der Waals surface area contributed by atoms with Crippen LogP contribution >= 0.6 is 0 Å². The molecule has 0 saturated heterocycles. The van der Waals surface area contributed by atoms with Crippen LogP contribution in [0.1, 0.15) is 156 Å². The van der Waals surface area contributed by atoms with Crippen LogP contribution in [0.5, 0.6) is 0 Å². The fraction of sp³-hybridized carbons (Fsp3) is 0.926. The van der Waals surface area contributed by atoms with Crippen LogP contribution in [0.25, 0.3) is 0 Å². The zero-order chi connectivity index (χ0) is 22.3. The van der Waals surface area contributed by atoms with Gasteiger partial charge in [0.1, 0.15) is 0 Å². The van der Waals surface area contributed by atoms with E-state index in [0.717, 1.165) is 38.0 Å². The molecule has 0 aliphatic heterocycles. The smallest absolute Gasteiger partial charge is 0.313 e. The van der Waals surface area contributed by atoms with Crippen molar-refractivity contribution in [2.45, 2.75) is 156 Å². The minimum Gasteiger partial charge on any atom is -0.393 e. The second-order valence-electron chi connectivity index (χ2n) is 9.33. The molecule has 0 bridgehead atoms. The molecule has 0 fully saturated rings. The van der Waals surface area contributed by atoms with Crippen LogP contribution in [0, 0.1) is 5.92 Å². The number of esters is 2. The van der Waals surface area contributed by atoms with Crippen LogP contribution in [-0.4, -0.2) is 11.9 Å². The van der Waals surface area contributed by atoms with Gasteiger partial charge >= 0.3 is 11.9 Å². The normalized spacial score (nSPS) is 12.1. The lowest BCUT2D eigenvalue weighted by Gasteiger charge is -2.09. The maximum Gasteiger partial charge on any atom is 0.313 e.